The molecular formula is C14H14ClFN2O2S. The molecule has 2 aromatic carbocycles. The fourth-order valence-electron chi connectivity index (χ4n) is 1.85. The molecule has 7 heteroatoms. The first-order chi connectivity index (χ1) is 9.85. The van der Waals surface area contributed by atoms with E-state index in [9.17, 15) is 12.8 Å². The highest BCUT2D eigenvalue weighted by atomic mass is 35.5. The molecule has 0 fully saturated rings. The van der Waals surface area contributed by atoms with Crippen LogP contribution < -0.4 is 10.5 Å². The molecule has 0 heterocycles. The van der Waals surface area contributed by atoms with Crippen LogP contribution in [0.3, 0.4) is 0 Å². The molecule has 0 saturated heterocycles. The highest BCUT2D eigenvalue weighted by Crippen LogP contribution is 2.26. The first kappa shape index (κ1) is 15.8. The van der Waals surface area contributed by atoms with E-state index in [-0.39, 0.29) is 17.1 Å². The van der Waals surface area contributed by atoms with Gasteiger partial charge in [-0.2, -0.15) is 0 Å². The Morgan fingerprint density at radius 3 is 2.57 bits per heavy atom. The van der Waals surface area contributed by atoms with Gasteiger partial charge >= 0.3 is 0 Å². The minimum atomic E-state index is -4.09. The molecule has 2 rings (SSSR count). The molecule has 0 saturated carbocycles. The summed E-state index contributed by atoms with van der Waals surface area (Å²) in [5, 5.41) is 0.113. The molecular weight excluding hydrogens is 315 g/mol. The van der Waals surface area contributed by atoms with E-state index >= 15 is 0 Å². The topological polar surface area (TPSA) is 72.2 Å². The lowest BCUT2D eigenvalue weighted by atomic mass is 10.2. The Morgan fingerprint density at radius 2 is 1.95 bits per heavy atom. The van der Waals surface area contributed by atoms with Gasteiger partial charge in [0.15, 0.2) is 0 Å². The predicted octanol–water partition coefficient (Wildman–Crippen LogP) is 3.05. The van der Waals surface area contributed by atoms with Crippen molar-refractivity contribution < 1.29 is 12.8 Å². The van der Waals surface area contributed by atoms with Gasteiger partial charge in [0.05, 0.1) is 5.69 Å². The smallest absolute Gasteiger partial charge is 0.264 e. The van der Waals surface area contributed by atoms with Crippen molar-refractivity contribution in [2.24, 2.45) is 5.73 Å². The summed E-state index contributed by atoms with van der Waals surface area (Å²) in [7, 11) is -4.09. The molecule has 0 bridgehead atoms. The molecule has 4 nitrogen and oxygen atoms in total. The Labute approximate surface area is 127 Å². The Morgan fingerprint density at radius 1 is 1.29 bits per heavy atom. The largest absolute Gasteiger partial charge is 0.326 e. The van der Waals surface area contributed by atoms with Crippen molar-refractivity contribution in [1.29, 1.82) is 0 Å². The number of aryl methyl sites for hydroxylation is 1. The third-order valence-electron chi connectivity index (χ3n) is 2.98. The summed E-state index contributed by atoms with van der Waals surface area (Å²) in [4.78, 5) is -0.515. The van der Waals surface area contributed by atoms with E-state index in [1.807, 2.05) is 0 Å². The quantitative estimate of drug-likeness (QED) is 0.906. The average molecular weight is 329 g/mol. The van der Waals surface area contributed by atoms with Crippen LogP contribution in [0.5, 0.6) is 0 Å². The van der Waals surface area contributed by atoms with Crippen LogP contribution in [0.4, 0.5) is 10.1 Å². The number of anilines is 1. The summed E-state index contributed by atoms with van der Waals surface area (Å²) in [6.07, 6.45) is 0. The molecule has 0 spiro atoms. The molecule has 3 N–H and O–H groups in total. The second-order valence-electron chi connectivity index (χ2n) is 4.50. The standard InChI is InChI=1S/C14H14ClFN2O2S/c1-9-4-2-3-5-12(9)18-21(19,20)13-7-11(15)6-10(8-17)14(13)16/h2-7,18H,8,17H2,1H3. The summed E-state index contributed by atoms with van der Waals surface area (Å²) < 4.78 is 41.2. The second-order valence-corrected chi connectivity index (χ2v) is 6.59. The van der Waals surface area contributed by atoms with Gasteiger partial charge in [0.25, 0.3) is 10.0 Å². The summed E-state index contributed by atoms with van der Waals surface area (Å²) in [5.74, 6) is -0.886. The number of halogens is 2. The van der Waals surface area contributed by atoms with Crippen LogP contribution >= 0.6 is 11.6 Å². The van der Waals surface area contributed by atoms with Crippen LogP contribution in [-0.4, -0.2) is 8.42 Å². The molecule has 0 radical (unpaired) electrons. The molecule has 0 aliphatic carbocycles. The number of para-hydroxylation sites is 1. The minimum Gasteiger partial charge on any atom is -0.326 e. The van der Waals surface area contributed by atoms with Gasteiger partial charge in [0.2, 0.25) is 0 Å². The van der Waals surface area contributed by atoms with Gasteiger partial charge in [-0.05, 0) is 30.7 Å². The van der Waals surface area contributed by atoms with Crippen molar-refractivity contribution in [3.8, 4) is 0 Å². The lowest BCUT2D eigenvalue weighted by Gasteiger charge is -2.13. The van der Waals surface area contributed by atoms with Gasteiger partial charge in [-0.25, -0.2) is 12.8 Å². The van der Waals surface area contributed by atoms with Crippen molar-refractivity contribution in [3.05, 3.63) is 58.4 Å². The van der Waals surface area contributed by atoms with E-state index < -0.39 is 20.7 Å². The van der Waals surface area contributed by atoms with Crippen molar-refractivity contribution >= 4 is 27.3 Å². The molecule has 0 amide bonds. The highest BCUT2D eigenvalue weighted by molar-refractivity contribution is 7.92. The van der Waals surface area contributed by atoms with Gasteiger partial charge in [-0.3, -0.25) is 4.72 Å². The highest BCUT2D eigenvalue weighted by Gasteiger charge is 2.22. The Hall–Kier alpha value is -1.63. The monoisotopic (exact) mass is 328 g/mol. The lowest BCUT2D eigenvalue weighted by molar-refractivity contribution is 0.561. The zero-order valence-corrected chi connectivity index (χ0v) is 12.8. The number of hydrogen-bond donors (Lipinski definition) is 2. The second kappa shape index (κ2) is 6.01. The third-order valence-corrected chi connectivity index (χ3v) is 4.56. The summed E-state index contributed by atoms with van der Waals surface area (Å²) >= 11 is 5.83. The number of sulfonamides is 1. The third kappa shape index (κ3) is 3.34. The molecule has 0 aliphatic heterocycles. The maximum atomic E-state index is 14.2. The average Bonchev–Trinajstić information content (AvgIpc) is 2.43. The number of benzene rings is 2. The first-order valence-corrected chi connectivity index (χ1v) is 7.97. The summed E-state index contributed by atoms with van der Waals surface area (Å²) in [6, 6.07) is 9.18. The summed E-state index contributed by atoms with van der Waals surface area (Å²) in [5.41, 5.74) is 6.55. The van der Waals surface area contributed by atoms with Crippen molar-refractivity contribution in [3.63, 3.8) is 0 Å². The Kier molecular flexibility index (Phi) is 4.51. The normalized spacial score (nSPS) is 11.4. The van der Waals surface area contributed by atoms with E-state index in [2.05, 4.69) is 4.72 Å². The lowest BCUT2D eigenvalue weighted by Crippen LogP contribution is -2.17. The van der Waals surface area contributed by atoms with Gasteiger partial charge in [-0.15, -0.1) is 0 Å². The fraction of sp³-hybridized carbons (Fsp3) is 0.143. The molecule has 21 heavy (non-hydrogen) atoms. The van der Waals surface area contributed by atoms with Crippen LogP contribution in [0.2, 0.25) is 5.02 Å². The van der Waals surface area contributed by atoms with Gasteiger partial charge < -0.3 is 5.73 Å². The maximum Gasteiger partial charge on any atom is 0.264 e. The molecule has 0 aromatic heterocycles. The van der Waals surface area contributed by atoms with E-state index in [0.717, 1.165) is 11.6 Å². The van der Waals surface area contributed by atoms with E-state index in [1.54, 1.807) is 31.2 Å². The molecule has 2 aromatic rings. The van der Waals surface area contributed by atoms with E-state index in [1.165, 1.54) is 6.07 Å². The van der Waals surface area contributed by atoms with Gasteiger partial charge in [-0.1, -0.05) is 29.8 Å². The zero-order valence-electron chi connectivity index (χ0n) is 11.2. The van der Waals surface area contributed by atoms with E-state index in [0.29, 0.717) is 5.69 Å². The molecule has 0 atom stereocenters. The van der Waals surface area contributed by atoms with Crippen LogP contribution in [0.25, 0.3) is 0 Å². The Bertz CT molecular complexity index is 779. The summed E-state index contributed by atoms with van der Waals surface area (Å²) in [6.45, 7) is 1.61. The first-order valence-electron chi connectivity index (χ1n) is 6.11. The van der Waals surface area contributed by atoms with Gasteiger partial charge in [0, 0.05) is 17.1 Å². The molecule has 112 valence electrons. The number of rotatable bonds is 4. The van der Waals surface area contributed by atoms with Crippen LogP contribution in [0.15, 0.2) is 41.3 Å². The number of nitrogens with two attached hydrogens (primary N) is 1. The van der Waals surface area contributed by atoms with Crippen LogP contribution in [-0.2, 0) is 16.6 Å². The predicted molar refractivity (Wildman–Crippen MR) is 81.3 cm³/mol. The van der Waals surface area contributed by atoms with Crippen molar-refractivity contribution in [2.75, 3.05) is 4.72 Å². The van der Waals surface area contributed by atoms with Crippen LogP contribution in [0.1, 0.15) is 11.1 Å². The molecule has 0 aliphatic rings. The minimum absolute atomic E-state index is 0.0488. The van der Waals surface area contributed by atoms with Crippen molar-refractivity contribution in [1.82, 2.24) is 0 Å². The number of nitrogens with one attached hydrogen (secondary N) is 1. The fourth-order valence-corrected chi connectivity index (χ4v) is 3.43. The zero-order chi connectivity index (χ0) is 15.6. The van der Waals surface area contributed by atoms with Gasteiger partial charge in [0.1, 0.15) is 10.7 Å². The van der Waals surface area contributed by atoms with E-state index in [4.69, 9.17) is 17.3 Å². The van der Waals surface area contributed by atoms with Crippen molar-refractivity contribution in [2.45, 2.75) is 18.4 Å². The SMILES string of the molecule is Cc1ccccc1NS(=O)(=O)c1cc(Cl)cc(CN)c1F. The number of hydrogen-bond acceptors (Lipinski definition) is 3. The van der Waals surface area contributed by atoms with Crippen LogP contribution in [0, 0.1) is 12.7 Å². The molecule has 0 unspecified atom stereocenters. The Balaban J connectivity index is 2.50. The maximum absolute atomic E-state index is 14.2.